The predicted octanol–water partition coefficient (Wildman–Crippen LogP) is 2.63. The molecule has 76 valence electrons. The number of aryl methyl sites for hydroxylation is 2. The lowest BCUT2D eigenvalue weighted by Crippen LogP contribution is -1.88. The summed E-state index contributed by atoms with van der Waals surface area (Å²) in [6.07, 6.45) is 0.805. The minimum absolute atomic E-state index is 0.585. The number of hydrogen-bond acceptors (Lipinski definition) is 4. The molecule has 0 aliphatic heterocycles. The SMILES string of the molecule is Cc1ccc(-c2nnsc2C=O)c(C)c1. The van der Waals surface area contributed by atoms with Crippen LogP contribution >= 0.6 is 11.5 Å². The van der Waals surface area contributed by atoms with Gasteiger partial charge in [0.1, 0.15) is 10.6 Å². The highest BCUT2D eigenvalue weighted by Gasteiger charge is 2.11. The normalized spacial score (nSPS) is 10.3. The molecule has 0 unspecified atom stereocenters. The van der Waals surface area contributed by atoms with Crippen molar-refractivity contribution in [3.8, 4) is 11.3 Å². The molecule has 2 rings (SSSR count). The Bertz CT molecular complexity index is 505. The first-order valence-electron chi connectivity index (χ1n) is 4.57. The molecule has 0 saturated heterocycles. The van der Waals surface area contributed by atoms with Crippen molar-refractivity contribution in [1.82, 2.24) is 9.59 Å². The second kappa shape index (κ2) is 3.90. The van der Waals surface area contributed by atoms with Gasteiger partial charge in [0, 0.05) is 5.56 Å². The van der Waals surface area contributed by atoms with Gasteiger partial charge in [-0.05, 0) is 30.9 Å². The molecule has 0 atom stereocenters. The van der Waals surface area contributed by atoms with E-state index in [0.717, 1.165) is 28.9 Å². The number of aromatic nitrogens is 2. The summed E-state index contributed by atoms with van der Waals surface area (Å²) in [7, 11) is 0. The van der Waals surface area contributed by atoms with Crippen molar-refractivity contribution in [1.29, 1.82) is 0 Å². The fourth-order valence-electron chi connectivity index (χ4n) is 1.54. The number of benzene rings is 1. The van der Waals surface area contributed by atoms with E-state index < -0.39 is 0 Å². The third kappa shape index (κ3) is 1.80. The topological polar surface area (TPSA) is 42.9 Å². The number of hydrogen-bond donors (Lipinski definition) is 0. The minimum Gasteiger partial charge on any atom is -0.297 e. The van der Waals surface area contributed by atoms with E-state index in [2.05, 4.69) is 15.7 Å². The van der Waals surface area contributed by atoms with Gasteiger partial charge in [-0.1, -0.05) is 28.3 Å². The van der Waals surface area contributed by atoms with Crippen LogP contribution in [0.25, 0.3) is 11.3 Å². The molecule has 0 radical (unpaired) electrons. The predicted molar refractivity (Wildman–Crippen MR) is 60.2 cm³/mol. The summed E-state index contributed by atoms with van der Waals surface area (Å²) in [6.45, 7) is 4.05. The van der Waals surface area contributed by atoms with Crippen LogP contribution in [0.4, 0.5) is 0 Å². The molecular weight excluding hydrogens is 208 g/mol. The third-order valence-corrected chi connectivity index (χ3v) is 2.91. The molecule has 1 heterocycles. The van der Waals surface area contributed by atoms with Gasteiger partial charge in [-0.25, -0.2) is 0 Å². The second-order valence-electron chi connectivity index (χ2n) is 3.42. The van der Waals surface area contributed by atoms with Crippen LogP contribution < -0.4 is 0 Å². The summed E-state index contributed by atoms with van der Waals surface area (Å²) in [5, 5.41) is 3.99. The highest BCUT2D eigenvalue weighted by molar-refractivity contribution is 7.07. The maximum atomic E-state index is 10.8. The van der Waals surface area contributed by atoms with Crippen molar-refractivity contribution < 1.29 is 4.79 Å². The van der Waals surface area contributed by atoms with Crippen LogP contribution in [0.15, 0.2) is 18.2 Å². The molecule has 15 heavy (non-hydrogen) atoms. The molecule has 0 N–H and O–H groups in total. The Morgan fingerprint density at radius 2 is 2.13 bits per heavy atom. The molecular formula is C11H10N2OS. The molecule has 0 aliphatic carbocycles. The van der Waals surface area contributed by atoms with Crippen LogP contribution in [0.2, 0.25) is 0 Å². The van der Waals surface area contributed by atoms with E-state index in [1.165, 1.54) is 5.56 Å². The van der Waals surface area contributed by atoms with E-state index >= 15 is 0 Å². The molecule has 1 aromatic carbocycles. The molecule has 0 amide bonds. The van der Waals surface area contributed by atoms with E-state index in [4.69, 9.17) is 0 Å². The van der Waals surface area contributed by atoms with Crippen molar-refractivity contribution in [2.45, 2.75) is 13.8 Å². The maximum Gasteiger partial charge on any atom is 0.163 e. The van der Waals surface area contributed by atoms with E-state index in [0.29, 0.717) is 10.6 Å². The Hall–Kier alpha value is -1.55. The average molecular weight is 218 g/mol. The summed E-state index contributed by atoms with van der Waals surface area (Å²) in [5.74, 6) is 0. The van der Waals surface area contributed by atoms with Crippen molar-refractivity contribution in [3.05, 3.63) is 34.2 Å². The van der Waals surface area contributed by atoms with Gasteiger partial charge in [0.05, 0.1) is 0 Å². The number of nitrogens with zero attached hydrogens (tertiary/aromatic N) is 2. The lowest BCUT2D eigenvalue weighted by atomic mass is 10.0. The van der Waals surface area contributed by atoms with Crippen molar-refractivity contribution >= 4 is 17.8 Å². The van der Waals surface area contributed by atoms with E-state index in [1.807, 2.05) is 26.0 Å². The Morgan fingerprint density at radius 3 is 2.80 bits per heavy atom. The molecule has 1 aromatic heterocycles. The molecule has 4 heteroatoms. The number of aldehydes is 1. The van der Waals surface area contributed by atoms with Gasteiger partial charge in [-0.15, -0.1) is 5.10 Å². The molecule has 0 spiro atoms. The Morgan fingerprint density at radius 1 is 1.33 bits per heavy atom. The molecule has 0 saturated carbocycles. The highest BCUT2D eigenvalue weighted by Crippen LogP contribution is 2.26. The molecule has 0 fully saturated rings. The summed E-state index contributed by atoms with van der Waals surface area (Å²) in [6, 6.07) is 6.06. The Balaban J connectivity index is 2.59. The van der Waals surface area contributed by atoms with Gasteiger partial charge in [0.2, 0.25) is 0 Å². The maximum absolute atomic E-state index is 10.8. The van der Waals surface area contributed by atoms with Gasteiger partial charge >= 0.3 is 0 Å². The summed E-state index contributed by atoms with van der Waals surface area (Å²) >= 11 is 1.13. The van der Waals surface area contributed by atoms with Gasteiger partial charge in [-0.2, -0.15) is 0 Å². The van der Waals surface area contributed by atoms with E-state index in [-0.39, 0.29) is 0 Å². The highest BCUT2D eigenvalue weighted by atomic mass is 32.1. The monoisotopic (exact) mass is 218 g/mol. The largest absolute Gasteiger partial charge is 0.297 e. The van der Waals surface area contributed by atoms with E-state index in [9.17, 15) is 4.79 Å². The molecule has 2 aromatic rings. The lowest BCUT2D eigenvalue weighted by Gasteiger charge is -2.03. The molecule has 0 aliphatic rings. The van der Waals surface area contributed by atoms with Gasteiger partial charge in [0.25, 0.3) is 0 Å². The minimum atomic E-state index is 0.585. The van der Waals surface area contributed by atoms with Crippen molar-refractivity contribution in [3.63, 3.8) is 0 Å². The Labute approximate surface area is 91.9 Å². The van der Waals surface area contributed by atoms with Crippen molar-refractivity contribution in [2.24, 2.45) is 0 Å². The fourth-order valence-corrected chi connectivity index (χ4v) is 2.03. The van der Waals surface area contributed by atoms with Gasteiger partial charge < -0.3 is 0 Å². The van der Waals surface area contributed by atoms with Crippen LogP contribution in [0.5, 0.6) is 0 Å². The summed E-state index contributed by atoms with van der Waals surface area (Å²) < 4.78 is 3.79. The number of carbonyl (C=O) groups excluding carboxylic acids is 1. The first kappa shape index (κ1) is 9.98. The number of carbonyl (C=O) groups is 1. The summed E-state index contributed by atoms with van der Waals surface area (Å²) in [4.78, 5) is 11.4. The van der Waals surface area contributed by atoms with Crippen LogP contribution in [-0.4, -0.2) is 15.9 Å². The second-order valence-corrected chi connectivity index (χ2v) is 4.21. The van der Waals surface area contributed by atoms with Crippen LogP contribution in [-0.2, 0) is 0 Å². The zero-order chi connectivity index (χ0) is 10.8. The molecule has 3 nitrogen and oxygen atoms in total. The summed E-state index contributed by atoms with van der Waals surface area (Å²) in [5.41, 5.74) is 3.99. The first-order chi connectivity index (χ1) is 7.22. The standard InChI is InChI=1S/C11H10N2OS/c1-7-3-4-9(8(2)5-7)11-10(6-14)15-13-12-11/h3-6H,1-2H3. The van der Waals surface area contributed by atoms with Crippen LogP contribution in [0.3, 0.4) is 0 Å². The zero-order valence-electron chi connectivity index (χ0n) is 8.52. The number of rotatable bonds is 2. The van der Waals surface area contributed by atoms with Gasteiger partial charge in [0.15, 0.2) is 6.29 Å². The lowest BCUT2D eigenvalue weighted by molar-refractivity contribution is 0.112. The van der Waals surface area contributed by atoms with Gasteiger partial charge in [-0.3, -0.25) is 4.79 Å². The van der Waals surface area contributed by atoms with Crippen LogP contribution in [0, 0.1) is 13.8 Å². The molecule has 0 bridgehead atoms. The zero-order valence-corrected chi connectivity index (χ0v) is 9.34. The quantitative estimate of drug-likeness (QED) is 0.728. The van der Waals surface area contributed by atoms with Crippen LogP contribution in [0.1, 0.15) is 20.8 Å². The van der Waals surface area contributed by atoms with E-state index in [1.54, 1.807) is 0 Å². The first-order valence-corrected chi connectivity index (χ1v) is 5.35. The fraction of sp³-hybridized carbons (Fsp3) is 0.182. The third-order valence-electron chi connectivity index (χ3n) is 2.26. The average Bonchev–Trinajstić information content (AvgIpc) is 2.65. The van der Waals surface area contributed by atoms with Crippen molar-refractivity contribution in [2.75, 3.05) is 0 Å². The smallest absolute Gasteiger partial charge is 0.163 e. The Kier molecular flexibility index (Phi) is 2.60.